The van der Waals surface area contributed by atoms with Crippen molar-refractivity contribution in [2.75, 3.05) is 6.54 Å². The van der Waals surface area contributed by atoms with E-state index in [1.54, 1.807) is 13.8 Å². The largest absolute Gasteiger partial charge is 0.476 e. The van der Waals surface area contributed by atoms with Crippen molar-refractivity contribution in [1.29, 1.82) is 0 Å². The Morgan fingerprint density at radius 2 is 2.33 bits per heavy atom. The number of carboxylic acids is 1. The monoisotopic (exact) mass is 214 g/mol. The van der Waals surface area contributed by atoms with E-state index in [-0.39, 0.29) is 5.69 Å². The van der Waals surface area contributed by atoms with Crippen molar-refractivity contribution in [2.45, 2.75) is 26.0 Å². The molecular formula is C9H14N2O4. The minimum atomic E-state index is -1.12. The molecule has 0 aliphatic heterocycles. The third-order valence-electron chi connectivity index (χ3n) is 1.63. The Balaban J connectivity index is 2.41. The Morgan fingerprint density at radius 3 is 2.80 bits per heavy atom. The van der Waals surface area contributed by atoms with Gasteiger partial charge in [0, 0.05) is 12.6 Å². The second-order valence-electron chi connectivity index (χ2n) is 3.90. The lowest BCUT2D eigenvalue weighted by molar-refractivity contribution is 0.0685. The topological polar surface area (TPSA) is 95.6 Å². The van der Waals surface area contributed by atoms with Crippen molar-refractivity contribution < 1.29 is 19.5 Å². The molecule has 0 aromatic carbocycles. The average Bonchev–Trinajstić information content (AvgIpc) is 2.50. The molecule has 6 heteroatoms. The highest BCUT2D eigenvalue weighted by molar-refractivity contribution is 5.85. The maximum atomic E-state index is 10.5. The summed E-state index contributed by atoms with van der Waals surface area (Å²) in [6.07, 6.45) is 0. The molecular weight excluding hydrogens is 200 g/mol. The molecule has 0 unspecified atom stereocenters. The van der Waals surface area contributed by atoms with Crippen molar-refractivity contribution >= 4 is 5.97 Å². The molecule has 84 valence electrons. The van der Waals surface area contributed by atoms with Gasteiger partial charge in [0.05, 0.1) is 12.1 Å². The first kappa shape index (κ1) is 11.7. The van der Waals surface area contributed by atoms with Gasteiger partial charge in [-0.2, -0.15) is 0 Å². The number of carbonyl (C=O) groups is 1. The Bertz CT molecular complexity index is 340. The first-order chi connectivity index (χ1) is 6.88. The predicted molar refractivity (Wildman–Crippen MR) is 51.5 cm³/mol. The predicted octanol–water partition coefficient (Wildman–Crippen LogP) is 0.233. The number of rotatable bonds is 5. The lowest BCUT2D eigenvalue weighted by atomic mass is 10.1. The van der Waals surface area contributed by atoms with E-state index in [9.17, 15) is 9.90 Å². The molecule has 0 fully saturated rings. The van der Waals surface area contributed by atoms with Crippen LogP contribution in [0.25, 0.3) is 0 Å². The molecule has 3 N–H and O–H groups in total. The fourth-order valence-corrected chi connectivity index (χ4v) is 0.989. The van der Waals surface area contributed by atoms with Gasteiger partial charge < -0.3 is 20.1 Å². The summed E-state index contributed by atoms with van der Waals surface area (Å²) < 4.78 is 4.77. The lowest BCUT2D eigenvalue weighted by Gasteiger charge is -2.16. The van der Waals surface area contributed by atoms with Crippen LogP contribution in [0.3, 0.4) is 0 Å². The van der Waals surface area contributed by atoms with Crippen molar-refractivity contribution in [1.82, 2.24) is 10.5 Å². The summed E-state index contributed by atoms with van der Waals surface area (Å²) in [4.78, 5) is 10.5. The lowest BCUT2D eigenvalue weighted by Crippen LogP contribution is -2.34. The molecule has 0 aliphatic carbocycles. The number of carboxylic acid groups (broad SMARTS) is 1. The fourth-order valence-electron chi connectivity index (χ4n) is 0.989. The molecule has 0 saturated heterocycles. The van der Waals surface area contributed by atoms with E-state index in [1.807, 2.05) is 0 Å². The summed E-state index contributed by atoms with van der Waals surface area (Å²) in [5.74, 6) is -0.691. The third kappa shape index (κ3) is 4.09. The van der Waals surface area contributed by atoms with E-state index >= 15 is 0 Å². The molecule has 1 rings (SSSR count). The zero-order valence-corrected chi connectivity index (χ0v) is 8.65. The van der Waals surface area contributed by atoms with E-state index in [0.29, 0.717) is 18.8 Å². The zero-order valence-electron chi connectivity index (χ0n) is 8.65. The van der Waals surface area contributed by atoms with E-state index in [1.165, 1.54) is 6.07 Å². The quantitative estimate of drug-likeness (QED) is 0.649. The molecule has 1 aromatic heterocycles. The number of nitrogens with one attached hydrogen (secondary N) is 1. The van der Waals surface area contributed by atoms with Crippen LogP contribution in [0.5, 0.6) is 0 Å². The molecule has 6 nitrogen and oxygen atoms in total. The van der Waals surface area contributed by atoms with Crippen LogP contribution in [0.4, 0.5) is 0 Å². The minimum Gasteiger partial charge on any atom is -0.476 e. The van der Waals surface area contributed by atoms with Crippen molar-refractivity contribution in [2.24, 2.45) is 0 Å². The van der Waals surface area contributed by atoms with Crippen LogP contribution in [0.2, 0.25) is 0 Å². The number of hydrogen-bond acceptors (Lipinski definition) is 5. The summed E-state index contributed by atoms with van der Waals surface area (Å²) in [7, 11) is 0. The number of aromatic carboxylic acids is 1. The van der Waals surface area contributed by atoms with E-state index in [2.05, 4.69) is 10.5 Å². The van der Waals surface area contributed by atoms with Gasteiger partial charge in [0.1, 0.15) is 0 Å². The first-order valence-electron chi connectivity index (χ1n) is 4.50. The van der Waals surface area contributed by atoms with Crippen molar-refractivity contribution in [3.05, 3.63) is 17.5 Å². The van der Waals surface area contributed by atoms with Gasteiger partial charge in [0.25, 0.3) is 0 Å². The van der Waals surface area contributed by atoms with Gasteiger partial charge in [-0.1, -0.05) is 5.16 Å². The Kier molecular flexibility index (Phi) is 3.43. The molecule has 0 spiro atoms. The van der Waals surface area contributed by atoms with Crippen molar-refractivity contribution in [3.8, 4) is 0 Å². The summed E-state index contributed by atoms with van der Waals surface area (Å²) in [5, 5.41) is 24.2. The molecule has 0 bridgehead atoms. The highest BCUT2D eigenvalue weighted by Gasteiger charge is 2.13. The van der Waals surface area contributed by atoms with E-state index in [4.69, 9.17) is 9.63 Å². The van der Waals surface area contributed by atoms with Crippen LogP contribution in [-0.2, 0) is 6.54 Å². The number of nitrogens with zero attached hydrogens (tertiary/aromatic N) is 1. The normalized spacial score (nSPS) is 11.7. The Labute approximate surface area is 86.9 Å². The number of aliphatic hydroxyl groups is 1. The summed E-state index contributed by atoms with van der Waals surface area (Å²) >= 11 is 0. The highest BCUT2D eigenvalue weighted by Crippen LogP contribution is 2.04. The number of hydrogen-bond donors (Lipinski definition) is 3. The zero-order chi connectivity index (χ0) is 11.5. The number of aromatic nitrogens is 1. The molecule has 1 heterocycles. The van der Waals surface area contributed by atoms with Crippen molar-refractivity contribution in [3.63, 3.8) is 0 Å². The van der Waals surface area contributed by atoms with Crippen LogP contribution in [-0.4, -0.2) is 33.5 Å². The minimum absolute atomic E-state index is 0.116. The maximum absolute atomic E-state index is 10.5. The smallest absolute Gasteiger partial charge is 0.358 e. The molecule has 1 aromatic rings. The SMILES string of the molecule is CC(C)(O)CNCc1cc(C(=O)O)no1. The Hall–Kier alpha value is -1.40. The second kappa shape index (κ2) is 4.41. The molecule has 15 heavy (non-hydrogen) atoms. The first-order valence-corrected chi connectivity index (χ1v) is 4.50. The van der Waals surface area contributed by atoms with Gasteiger partial charge in [0.15, 0.2) is 11.5 Å². The van der Waals surface area contributed by atoms with Gasteiger partial charge in [-0.25, -0.2) is 4.79 Å². The second-order valence-corrected chi connectivity index (χ2v) is 3.90. The van der Waals surface area contributed by atoms with E-state index < -0.39 is 11.6 Å². The summed E-state index contributed by atoms with van der Waals surface area (Å²) in [6.45, 7) is 4.06. The standard InChI is InChI=1S/C9H14N2O4/c1-9(2,14)5-10-4-6-3-7(8(12)13)11-15-6/h3,10,14H,4-5H2,1-2H3,(H,12,13). The molecule has 0 saturated carbocycles. The highest BCUT2D eigenvalue weighted by atomic mass is 16.5. The van der Waals surface area contributed by atoms with Gasteiger partial charge in [-0.05, 0) is 13.8 Å². The van der Waals surface area contributed by atoms with Gasteiger partial charge in [0.2, 0.25) is 0 Å². The molecule has 0 atom stereocenters. The van der Waals surface area contributed by atoms with Crippen LogP contribution in [0.1, 0.15) is 30.1 Å². The molecule has 0 aliphatic rings. The van der Waals surface area contributed by atoms with Crippen LogP contribution < -0.4 is 5.32 Å². The van der Waals surface area contributed by atoms with E-state index in [0.717, 1.165) is 0 Å². The Morgan fingerprint density at radius 1 is 1.67 bits per heavy atom. The molecule has 0 amide bonds. The van der Waals surface area contributed by atoms with Gasteiger partial charge in [-0.15, -0.1) is 0 Å². The third-order valence-corrected chi connectivity index (χ3v) is 1.63. The molecule has 0 radical (unpaired) electrons. The average molecular weight is 214 g/mol. The van der Waals surface area contributed by atoms with Crippen LogP contribution in [0.15, 0.2) is 10.6 Å². The van der Waals surface area contributed by atoms with Crippen LogP contribution >= 0.6 is 0 Å². The maximum Gasteiger partial charge on any atom is 0.358 e. The van der Waals surface area contributed by atoms with Gasteiger partial charge in [-0.3, -0.25) is 0 Å². The fraction of sp³-hybridized carbons (Fsp3) is 0.556. The summed E-state index contributed by atoms with van der Waals surface area (Å²) in [6, 6.07) is 1.35. The summed E-state index contributed by atoms with van der Waals surface area (Å²) in [5.41, 5.74) is -0.926. The van der Waals surface area contributed by atoms with Crippen LogP contribution in [0, 0.1) is 0 Å². The van der Waals surface area contributed by atoms with Gasteiger partial charge >= 0.3 is 5.97 Å².